The van der Waals surface area contributed by atoms with E-state index < -0.39 is 67.2 Å². The number of aryl methyl sites for hydroxylation is 1. The molecule has 0 radical (unpaired) electrons. The van der Waals surface area contributed by atoms with Crippen molar-refractivity contribution in [2.24, 2.45) is 17.3 Å². The number of nitrogens with zero attached hydrogens (tertiary/aromatic N) is 1. The molecule has 3 aliphatic rings. The van der Waals surface area contributed by atoms with Gasteiger partial charge >= 0.3 is 30.2 Å². The van der Waals surface area contributed by atoms with Crippen molar-refractivity contribution in [2.75, 3.05) is 37.9 Å². The van der Waals surface area contributed by atoms with Gasteiger partial charge in [-0.1, -0.05) is 6.92 Å². The van der Waals surface area contributed by atoms with Crippen LogP contribution in [0.2, 0.25) is 0 Å². The van der Waals surface area contributed by atoms with Gasteiger partial charge in [0.05, 0.1) is 12.7 Å². The molecule has 1 aromatic carbocycles. The second kappa shape index (κ2) is 16.4. The van der Waals surface area contributed by atoms with Gasteiger partial charge in [0.15, 0.2) is 11.6 Å². The summed E-state index contributed by atoms with van der Waals surface area (Å²) in [6.07, 6.45) is -17.5. The van der Waals surface area contributed by atoms with E-state index in [2.05, 4.69) is 30.0 Å². The summed E-state index contributed by atoms with van der Waals surface area (Å²) < 4.78 is 149. The van der Waals surface area contributed by atoms with Gasteiger partial charge < -0.3 is 24.2 Å². The molecule has 6 unspecified atom stereocenters. The van der Waals surface area contributed by atoms with Crippen LogP contribution < -0.4 is 4.74 Å². The molecule has 292 valence electrons. The van der Waals surface area contributed by atoms with Crippen LogP contribution >= 0.6 is 25.3 Å². The third kappa shape index (κ3) is 8.39. The Hall–Kier alpha value is -1.63. The highest BCUT2D eigenvalue weighted by Gasteiger charge is 2.85. The largest absolute Gasteiger partial charge is 0.435 e. The molecule has 0 aliphatic heterocycles. The highest BCUT2D eigenvalue weighted by Crippen LogP contribution is 2.62. The van der Waals surface area contributed by atoms with Crippen LogP contribution in [0.1, 0.15) is 75.3 Å². The minimum absolute atomic E-state index is 0.0107. The molecule has 0 spiro atoms. The maximum absolute atomic E-state index is 15.5. The molecule has 2 fully saturated rings. The average molecular weight is 788 g/mol. The van der Waals surface area contributed by atoms with Crippen LogP contribution in [0.5, 0.6) is 5.75 Å². The van der Waals surface area contributed by atoms with E-state index in [1.165, 1.54) is 11.0 Å². The number of aliphatic hydroxyl groups excluding tert-OH is 1. The zero-order chi connectivity index (χ0) is 38.0. The highest BCUT2D eigenvalue weighted by atomic mass is 32.1. The monoisotopic (exact) mass is 787 g/mol. The molecule has 0 aromatic heterocycles. The average Bonchev–Trinajstić information content (AvgIpc) is 3.36. The third-order valence-electron chi connectivity index (χ3n) is 10.9. The Bertz CT molecular complexity index is 1310. The molecular formula is C33H43F10NO5S2. The zero-order valence-corrected chi connectivity index (χ0v) is 29.6. The van der Waals surface area contributed by atoms with Gasteiger partial charge in [-0.3, -0.25) is 0 Å². The van der Waals surface area contributed by atoms with Gasteiger partial charge in [-0.25, -0.2) is 9.18 Å². The molecule has 1 aromatic rings. The first-order valence-electron chi connectivity index (χ1n) is 16.9. The number of aliphatic hydroxyl groups is 1. The maximum Gasteiger partial charge on any atom is 0.435 e. The lowest BCUT2D eigenvalue weighted by molar-refractivity contribution is -0.457. The molecule has 4 rings (SSSR count). The van der Waals surface area contributed by atoms with E-state index in [4.69, 9.17) is 9.47 Å². The number of carbonyl (C=O) groups excluding carboxylic acids is 1. The van der Waals surface area contributed by atoms with Crippen LogP contribution in [0, 0.1) is 23.1 Å². The van der Waals surface area contributed by atoms with Crippen LogP contribution in [0.15, 0.2) is 12.1 Å². The molecule has 2 saturated carbocycles. The fourth-order valence-electron chi connectivity index (χ4n) is 8.42. The summed E-state index contributed by atoms with van der Waals surface area (Å²) in [6, 6.07) is 2.64. The summed E-state index contributed by atoms with van der Waals surface area (Å²) in [6.45, 7) is 0.155. The van der Waals surface area contributed by atoms with Crippen molar-refractivity contribution in [3.8, 4) is 5.75 Å². The second-order valence-electron chi connectivity index (χ2n) is 13.7. The Morgan fingerprint density at radius 2 is 1.65 bits per heavy atom. The summed E-state index contributed by atoms with van der Waals surface area (Å²) in [5.74, 6) is 0.117. The Morgan fingerprint density at radius 1 is 0.980 bits per heavy atom. The smallest absolute Gasteiger partial charge is 0.407 e. The molecule has 0 saturated heterocycles. The molecule has 6 atom stereocenters. The van der Waals surface area contributed by atoms with E-state index in [0.717, 1.165) is 17.5 Å². The number of halogens is 10. The molecule has 18 heteroatoms. The predicted molar refractivity (Wildman–Crippen MR) is 173 cm³/mol. The lowest BCUT2D eigenvalue weighted by atomic mass is 9.55. The number of fused-ring (bicyclic) bond motifs is 5. The van der Waals surface area contributed by atoms with Gasteiger partial charge in [-0.05, 0) is 110 Å². The summed E-state index contributed by atoms with van der Waals surface area (Å²) >= 11 is 8.56. The number of rotatable bonds is 14. The number of thiol groups is 2. The summed E-state index contributed by atoms with van der Waals surface area (Å²) in [5, 5.41) is 9.30. The predicted octanol–water partition coefficient (Wildman–Crippen LogP) is 8.70. The second-order valence-corrected chi connectivity index (χ2v) is 14.6. The van der Waals surface area contributed by atoms with Crippen LogP contribution in [0.4, 0.5) is 48.7 Å². The van der Waals surface area contributed by atoms with Crippen LogP contribution in [-0.4, -0.2) is 90.2 Å². The van der Waals surface area contributed by atoms with E-state index in [9.17, 15) is 49.4 Å². The van der Waals surface area contributed by atoms with Crippen molar-refractivity contribution in [3.63, 3.8) is 0 Å². The molecular weight excluding hydrogens is 744 g/mol. The van der Waals surface area contributed by atoms with E-state index in [1.54, 1.807) is 6.07 Å². The topological polar surface area (TPSA) is 68.2 Å². The lowest BCUT2D eigenvalue weighted by Gasteiger charge is -2.50. The normalized spacial score (nSPS) is 25.9. The molecule has 1 amide bonds. The molecule has 1 N–H and O–H groups in total. The quantitative estimate of drug-likeness (QED) is 0.100. The van der Waals surface area contributed by atoms with Gasteiger partial charge in [-0.2, -0.15) is 64.8 Å². The molecule has 6 nitrogen and oxygen atoms in total. The molecule has 0 heterocycles. The number of ether oxygens (including phenoxy) is 3. The number of hydrogen-bond donors (Lipinski definition) is 3. The van der Waals surface area contributed by atoms with E-state index >= 15 is 4.39 Å². The Morgan fingerprint density at radius 3 is 2.24 bits per heavy atom. The Balaban J connectivity index is 1.40. The summed E-state index contributed by atoms with van der Waals surface area (Å²) in [7, 11) is 0. The standard InChI is InChI=1S/C33H43F10NO5S2/c1-29-10-8-21-22(24(29)6-7-27(29)47-13-3-14-48-30(31(35,36)37,32(38,39)40)33(41,42)43)5-4-19-16-26(25(34)17-23(19)21)49-28(46)44(11-2-12-45)20(18-51)9-15-50/h16-17,20-22,24,27,45,50-51H,2-15,18H2,1H3. The van der Waals surface area contributed by atoms with Crippen molar-refractivity contribution >= 4 is 31.4 Å². The van der Waals surface area contributed by atoms with Crippen LogP contribution in [-0.2, 0) is 15.9 Å². The molecule has 0 bridgehead atoms. The van der Waals surface area contributed by atoms with E-state index in [0.29, 0.717) is 56.5 Å². The van der Waals surface area contributed by atoms with Gasteiger partial charge in [-0.15, -0.1) is 0 Å². The van der Waals surface area contributed by atoms with Crippen molar-refractivity contribution in [1.29, 1.82) is 0 Å². The van der Waals surface area contributed by atoms with Gasteiger partial charge in [0.25, 0.3) is 0 Å². The summed E-state index contributed by atoms with van der Waals surface area (Å²) in [4.78, 5) is 14.6. The van der Waals surface area contributed by atoms with Crippen LogP contribution in [0.25, 0.3) is 0 Å². The number of hydrogen-bond acceptors (Lipinski definition) is 7. The first-order valence-corrected chi connectivity index (χ1v) is 18.1. The van der Waals surface area contributed by atoms with Crippen molar-refractivity contribution < 1.29 is 68.0 Å². The Kier molecular flexibility index (Phi) is 13.5. The van der Waals surface area contributed by atoms with Gasteiger partial charge in [0, 0.05) is 31.6 Å². The van der Waals surface area contributed by atoms with Crippen LogP contribution in [0.3, 0.4) is 0 Å². The first kappa shape index (κ1) is 42.1. The fraction of sp³-hybridized carbons (Fsp3) is 0.788. The van der Waals surface area contributed by atoms with E-state index in [1.807, 2.05) is 6.92 Å². The number of carbonyl (C=O) groups is 1. The van der Waals surface area contributed by atoms with Crippen molar-refractivity contribution in [3.05, 3.63) is 29.1 Å². The van der Waals surface area contributed by atoms with Gasteiger partial charge in [0.1, 0.15) is 0 Å². The number of amides is 1. The fourth-order valence-corrected chi connectivity index (χ4v) is 9.10. The number of benzene rings is 1. The number of alkyl halides is 9. The van der Waals surface area contributed by atoms with E-state index in [-0.39, 0.29) is 42.7 Å². The Labute approximate surface area is 300 Å². The SMILES string of the molecule is CC12CCC3c4cc(F)c(OC(=O)N(CCCO)C(CS)CCS)cc4CCC3C1CCC2OCCCOC(C(F)(F)F)(C(F)(F)F)C(F)(F)F. The zero-order valence-electron chi connectivity index (χ0n) is 27.8. The minimum atomic E-state index is -6.79. The maximum atomic E-state index is 15.5. The third-order valence-corrected chi connectivity index (χ3v) is 11.6. The first-order chi connectivity index (χ1) is 23.8. The van der Waals surface area contributed by atoms with Gasteiger partial charge in [0.2, 0.25) is 0 Å². The van der Waals surface area contributed by atoms with Crippen molar-refractivity contribution in [1.82, 2.24) is 4.90 Å². The minimum Gasteiger partial charge on any atom is -0.407 e. The molecule has 3 aliphatic carbocycles. The highest BCUT2D eigenvalue weighted by molar-refractivity contribution is 7.80. The lowest BCUT2D eigenvalue weighted by Crippen LogP contribution is -2.67. The molecule has 51 heavy (non-hydrogen) atoms. The van der Waals surface area contributed by atoms with Crippen molar-refractivity contribution in [2.45, 2.75) is 107 Å². The summed E-state index contributed by atoms with van der Waals surface area (Å²) in [5.41, 5.74) is -5.06.